The lowest BCUT2D eigenvalue weighted by atomic mass is 9.96. The Labute approximate surface area is 94.1 Å². The van der Waals surface area contributed by atoms with Crippen molar-refractivity contribution in [3.05, 3.63) is 17.0 Å². The van der Waals surface area contributed by atoms with Crippen molar-refractivity contribution < 1.29 is 14.1 Å². The number of rotatable bonds is 4. The van der Waals surface area contributed by atoms with Crippen molar-refractivity contribution in [1.82, 2.24) is 10.5 Å². The van der Waals surface area contributed by atoms with Crippen LogP contribution in [0.2, 0.25) is 0 Å². The van der Waals surface area contributed by atoms with Crippen molar-refractivity contribution in [2.75, 3.05) is 20.3 Å². The molecule has 0 radical (unpaired) electrons. The first-order valence-electron chi connectivity index (χ1n) is 5.57. The smallest absolute Gasteiger partial charge is 0.273 e. The number of aryl methyl sites for hydroxylation is 1. The van der Waals surface area contributed by atoms with Gasteiger partial charge in [0.2, 0.25) is 0 Å². The number of hydrogen-bond acceptors (Lipinski definition) is 4. The van der Waals surface area contributed by atoms with Crippen LogP contribution in [0.25, 0.3) is 0 Å². The van der Waals surface area contributed by atoms with Gasteiger partial charge in [0.1, 0.15) is 5.76 Å². The van der Waals surface area contributed by atoms with Crippen LogP contribution in [0.4, 0.5) is 0 Å². The molecule has 0 saturated heterocycles. The lowest BCUT2D eigenvalue weighted by Gasteiger charge is -2.09. The molecule has 1 aromatic rings. The largest absolute Gasteiger partial charge is 0.383 e. The van der Waals surface area contributed by atoms with Gasteiger partial charge in [0.15, 0.2) is 5.69 Å². The summed E-state index contributed by atoms with van der Waals surface area (Å²) in [6.07, 6.45) is 4.01. The molecule has 0 fully saturated rings. The molecule has 2 rings (SSSR count). The van der Waals surface area contributed by atoms with Gasteiger partial charge >= 0.3 is 0 Å². The Bertz CT molecular complexity index is 373. The van der Waals surface area contributed by atoms with Crippen LogP contribution >= 0.6 is 0 Å². The Morgan fingerprint density at radius 1 is 1.50 bits per heavy atom. The summed E-state index contributed by atoms with van der Waals surface area (Å²) in [6, 6.07) is 0. The van der Waals surface area contributed by atoms with E-state index < -0.39 is 0 Å². The summed E-state index contributed by atoms with van der Waals surface area (Å²) in [7, 11) is 1.60. The SMILES string of the molecule is COCCNC(=O)c1noc2c1CCCC2. The fourth-order valence-corrected chi connectivity index (χ4v) is 1.91. The van der Waals surface area contributed by atoms with Crippen LogP contribution in [0.5, 0.6) is 0 Å². The van der Waals surface area contributed by atoms with Gasteiger partial charge in [-0.3, -0.25) is 4.79 Å². The van der Waals surface area contributed by atoms with Crippen LogP contribution in [0.15, 0.2) is 4.52 Å². The van der Waals surface area contributed by atoms with Crippen molar-refractivity contribution in [1.29, 1.82) is 0 Å². The third kappa shape index (κ3) is 2.24. The van der Waals surface area contributed by atoms with Gasteiger partial charge in [0.25, 0.3) is 5.91 Å². The minimum absolute atomic E-state index is 0.163. The van der Waals surface area contributed by atoms with Gasteiger partial charge in [-0.15, -0.1) is 0 Å². The average molecular weight is 224 g/mol. The molecule has 0 spiro atoms. The number of carbonyl (C=O) groups is 1. The number of hydrogen-bond donors (Lipinski definition) is 1. The molecular weight excluding hydrogens is 208 g/mol. The molecule has 0 aliphatic heterocycles. The molecule has 1 amide bonds. The highest BCUT2D eigenvalue weighted by molar-refractivity contribution is 5.93. The molecule has 0 saturated carbocycles. The second-order valence-corrected chi connectivity index (χ2v) is 3.89. The summed E-state index contributed by atoms with van der Waals surface area (Å²) in [5, 5.41) is 6.60. The zero-order valence-electron chi connectivity index (χ0n) is 9.41. The van der Waals surface area contributed by atoms with Gasteiger partial charge in [-0.05, 0) is 19.3 Å². The van der Waals surface area contributed by atoms with Crippen LogP contribution in [0.1, 0.15) is 34.7 Å². The van der Waals surface area contributed by atoms with Gasteiger partial charge in [-0.1, -0.05) is 5.16 Å². The number of nitrogens with zero attached hydrogens (tertiary/aromatic N) is 1. The predicted octanol–water partition coefficient (Wildman–Crippen LogP) is 0.930. The normalized spacial score (nSPS) is 14.6. The van der Waals surface area contributed by atoms with Crippen LogP contribution < -0.4 is 5.32 Å². The van der Waals surface area contributed by atoms with Crippen molar-refractivity contribution in [3.8, 4) is 0 Å². The zero-order chi connectivity index (χ0) is 11.4. The number of carbonyl (C=O) groups excluding carboxylic acids is 1. The van der Waals surface area contributed by atoms with E-state index in [0.29, 0.717) is 18.8 Å². The van der Waals surface area contributed by atoms with Crippen LogP contribution in [0.3, 0.4) is 0 Å². The minimum atomic E-state index is -0.163. The van der Waals surface area contributed by atoms with Gasteiger partial charge in [-0.2, -0.15) is 0 Å². The maximum Gasteiger partial charge on any atom is 0.273 e. The first kappa shape index (κ1) is 11.1. The Kier molecular flexibility index (Phi) is 3.56. The molecule has 88 valence electrons. The summed E-state index contributed by atoms with van der Waals surface area (Å²) >= 11 is 0. The number of fused-ring (bicyclic) bond motifs is 1. The molecular formula is C11H16N2O3. The van der Waals surface area contributed by atoms with E-state index in [1.54, 1.807) is 7.11 Å². The molecule has 0 bridgehead atoms. The average Bonchev–Trinajstić information content (AvgIpc) is 2.73. The summed E-state index contributed by atoms with van der Waals surface area (Å²) in [5.41, 5.74) is 1.44. The molecule has 0 aromatic carbocycles. The van der Waals surface area contributed by atoms with Gasteiger partial charge in [-0.25, -0.2) is 0 Å². The monoisotopic (exact) mass is 224 g/mol. The van der Waals surface area contributed by atoms with Crippen molar-refractivity contribution >= 4 is 5.91 Å². The highest BCUT2D eigenvalue weighted by atomic mass is 16.5. The Hall–Kier alpha value is -1.36. The summed E-state index contributed by atoms with van der Waals surface area (Å²) < 4.78 is 10.0. The fraction of sp³-hybridized carbons (Fsp3) is 0.636. The van der Waals surface area contributed by atoms with Crippen molar-refractivity contribution in [2.45, 2.75) is 25.7 Å². The first-order chi connectivity index (χ1) is 7.83. The second kappa shape index (κ2) is 5.12. The molecule has 1 heterocycles. The second-order valence-electron chi connectivity index (χ2n) is 3.89. The van der Waals surface area contributed by atoms with Gasteiger partial charge < -0.3 is 14.6 Å². The molecule has 5 heteroatoms. The van der Waals surface area contributed by atoms with E-state index in [0.717, 1.165) is 37.0 Å². The van der Waals surface area contributed by atoms with Gasteiger partial charge in [0, 0.05) is 25.6 Å². The van der Waals surface area contributed by atoms with Crippen LogP contribution in [0, 0.1) is 0 Å². The number of methoxy groups -OCH3 is 1. The number of nitrogens with one attached hydrogen (secondary N) is 1. The van der Waals surface area contributed by atoms with Crippen LogP contribution in [-0.2, 0) is 17.6 Å². The topological polar surface area (TPSA) is 64.4 Å². The Morgan fingerprint density at radius 2 is 2.31 bits per heavy atom. The van der Waals surface area contributed by atoms with E-state index in [1.807, 2.05) is 0 Å². The Morgan fingerprint density at radius 3 is 3.12 bits per heavy atom. The van der Waals surface area contributed by atoms with Gasteiger partial charge in [0.05, 0.1) is 6.61 Å². The molecule has 16 heavy (non-hydrogen) atoms. The highest BCUT2D eigenvalue weighted by Gasteiger charge is 2.23. The third-order valence-electron chi connectivity index (χ3n) is 2.76. The molecule has 0 atom stereocenters. The minimum Gasteiger partial charge on any atom is -0.383 e. The first-order valence-corrected chi connectivity index (χ1v) is 5.57. The third-order valence-corrected chi connectivity index (χ3v) is 2.76. The maximum absolute atomic E-state index is 11.8. The molecule has 0 unspecified atom stereocenters. The van der Waals surface area contributed by atoms with Crippen molar-refractivity contribution in [2.24, 2.45) is 0 Å². The molecule has 1 aromatic heterocycles. The lowest BCUT2D eigenvalue weighted by Crippen LogP contribution is -2.28. The maximum atomic E-state index is 11.8. The molecule has 1 N–H and O–H groups in total. The number of ether oxygens (including phenoxy) is 1. The number of aromatic nitrogens is 1. The highest BCUT2D eigenvalue weighted by Crippen LogP contribution is 2.23. The summed E-state index contributed by atoms with van der Waals surface area (Å²) in [4.78, 5) is 11.8. The van der Waals surface area contributed by atoms with E-state index in [9.17, 15) is 4.79 Å². The van der Waals surface area contributed by atoms with E-state index in [-0.39, 0.29) is 5.91 Å². The number of amides is 1. The standard InChI is InChI=1S/C11H16N2O3/c1-15-7-6-12-11(14)10-8-4-2-3-5-9(8)16-13-10/h2-7H2,1H3,(H,12,14). The fourth-order valence-electron chi connectivity index (χ4n) is 1.91. The molecule has 5 nitrogen and oxygen atoms in total. The van der Waals surface area contributed by atoms with Crippen LogP contribution in [-0.4, -0.2) is 31.3 Å². The summed E-state index contributed by atoms with van der Waals surface area (Å²) in [6.45, 7) is 1.00. The van der Waals surface area contributed by atoms with E-state index in [1.165, 1.54) is 0 Å². The zero-order valence-corrected chi connectivity index (χ0v) is 9.41. The van der Waals surface area contributed by atoms with E-state index in [2.05, 4.69) is 10.5 Å². The summed E-state index contributed by atoms with van der Waals surface area (Å²) in [5.74, 6) is 0.715. The Balaban J connectivity index is 2.03. The quantitative estimate of drug-likeness (QED) is 0.773. The van der Waals surface area contributed by atoms with E-state index in [4.69, 9.17) is 9.26 Å². The van der Waals surface area contributed by atoms with E-state index >= 15 is 0 Å². The molecule has 1 aliphatic rings. The lowest BCUT2D eigenvalue weighted by molar-refractivity contribution is 0.0927. The van der Waals surface area contributed by atoms with Crippen molar-refractivity contribution in [3.63, 3.8) is 0 Å². The molecule has 1 aliphatic carbocycles. The predicted molar refractivity (Wildman–Crippen MR) is 57.4 cm³/mol.